The molecule has 0 bridgehead atoms. The van der Waals surface area contributed by atoms with Crippen LogP contribution in [0.15, 0.2) is 42.5 Å². The van der Waals surface area contributed by atoms with Gasteiger partial charge in [0.05, 0.1) is 0 Å². The molecule has 0 saturated carbocycles. The van der Waals surface area contributed by atoms with Crippen LogP contribution in [0.5, 0.6) is 11.5 Å². The van der Waals surface area contributed by atoms with Gasteiger partial charge in [0.15, 0.2) is 17.2 Å². The van der Waals surface area contributed by atoms with Gasteiger partial charge in [-0.15, -0.1) is 0 Å². The minimum atomic E-state index is -0.346. The van der Waals surface area contributed by atoms with Gasteiger partial charge in [-0.25, -0.2) is 9.07 Å². The maximum Gasteiger partial charge on any atom is 0.274 e. The Balaban J connectivity index is 1.46. The summed E-state index contributed by atoms with van der Waals surface area (Å²) in [4.78, 5) is 15.2. The van der Waals surface area contributed by atoms with E-state index in [-0.39, 0.29) is 18.5 Å². The molecule has 30 heavy (non-hydrogen) atoms. The molecule has 2 aromatic carbocycles. The minimum absolute atomic E-state index is 0.136. The largest absolute Gasteiger partial charge is 0.454 e. The number of amides is 1. The maximum atomic E-state index is 14.4. The van der Waals surface area contributed by atoms with Crippen molar-refractivity contribution in [1.82, 2.24) is 14.7 Å². The maximum absolute atomic E-state index is 14.4. The van der Waals surface area contributed by atoms with Crippen LogP contribution in [0.1, 0.15) is 40.7 Å². The molecular formula is C23H22FN3O3. The smallest absolute Gasteiger partial charge is 0.274 e. The van der Waals surface area contributed by atoms with Gasteiger partial charge in [-0.3, -0.25) is 4.79 Å². The fourth-order valence-electron chi connectivity index (χ4n) is 4.17. The third-order valence-electron chi connectivity index (χ3n) is 5.69. The normalized spacial score (nSPS) is 14.1. The Bertz CT molecular complexity index is 1120. The van der Waals surface area contributed by atoms with E-state index in [4.69, 9.17) is 9.47 Å². The van der Waals surface area contributed by atoms with Gasteiger partial charge in [0.1, 0.15) is 11.5 Å². The van der Waals surface area contributed by atoms with Gasteiger partial charge in [0, 0.05) is 24.3 Å². The number of carbonyl (C=O) groups excluding carboxylic acids is 1. The first-order valence-corrected chi connectivity index (χ1v) is 10.2. The zero-order valence-corrected chi connectivity index (χ0v) is 16.7. The fourth-order valence-corrected chi connectivity index (χ4v) is 4.17. The van der Waals surface area contributed by atoms with Crippen LogP contribution >= 0.6 is 0 Å². The molecular weight excluding hydrogens is 385 g/mol. The lowest BCUT2D eigenvalue weighted by molar-refractivity contribution is 0.0745. The highest BCUT2D eigenvalue weighted by Gasteiger charge is 2.30. The predicted molar refractivity (Wildman–Crippen MR) is 109 cm³/mol. The molecule has 1 aliphatic heterocycles. The van der Waals surface area contributed by atoms with Crippen LogP contribution in [-0.2, 0) is 19.4 Å². The molecule has 7 heteroatoms. The van der Waals surface area contributed by atoms with Crippen LogP contribution in [0.25, 0.3) is 5.69 Å². The van der Waals surface area contributed by atoms with Crippen molar-refractivity contribution in [1.29, 1.82) is 0 Å². The van der Waals surface area contributed by atoms with Crippen LogP contribution in [0, 0.1) is 5.82 Å². The first kappa shape index (κ1) is 18.7. The average molecular weight is 407 g/mol. The van der Waals surface area contributed by atoms with Crippen molar-refractivity contribution < 1.29 is 18.7 Å². The van der Waals surface area contributed by atoms with E-state index in [1.54, 1.807) is 27.8 Å². The molecule has 1 aliphatic carbocycles. The van der Waals surface area contributed by atoms with Gasteiger partial charge in [-0.1, -0.05) is 18.2 Å². The molecule has 1 amide bonds. The summed E-state index contributed by atoms with van der Waals surface area (Å²) in [5, 5.41) is 4.57. The average Bonchev–Trinajstić information content (AvgIpc) is 3.48. The summed E-state index contributed by atoms with van der Waals surface area (Å²) < 4.78 is 26.8. The van der Waals surface area contributed by atoms with Crippen molar-refractivity contribution in [2.45, 2.75) is 32.7 Å². The number of hydrogen-bond acceptors (Lipinski definition) is 4. The molecule has 5 rings (SSSR count). The van der Waals surface area contributed by atoms with Crippen LogP contribution in [0.3, 0.4) is 0 Å². The van der Waals surface area contributed by atoms with Gasteiger partial charge in [-0.05, 0) is 56.0 Å². The zero-order valence-electron chi connectivity index (χ0n) is 16.7. The second-order valence-electron chi connectivity index (χ2n) is 7.50. The highest BCUT2D eigenvalue weighted by atomic mass is 19.1. The Kier molecular flexibility index (Phi) is 4.65. The Morgan fingerprint density at radius 2 is 2.00 bits per heavy atom. The number of nitrogens with zero attached hydrogens (tertiary/aromatic N) is 3. The summed E-state index contributed by atoms with van der Waals surface area (Å²) in [6.45, 7) is 3.13. The SMILES string of the molecule is CCN(Cc1ccc2c(c1)OCO2)C(=O)c1nn(-c2ccccc2F)c2c1CCC2. The standard InChI is InChI=1S/C23H22FN3O3/c1-2-26(13-15-10-11-20-21(12-15)30-14-29-20)23(28)22-16-6-5-9-18(16)27(25-22)19-8-4-3-7-17(19)24/h3-4,7-8,10-12H,2,5-6,9,13-14H2,1H3. The number of hydrogen-bond donors (Lipinski definition) is 0. The fraction of sp³-hybridized carbons (Fsp3) is 0.304. The molecule has 0 fully saturated rings. The van der Waals surface area contributed by atoms with Gasteiger partial charge in [0.2, 0.25) is 6.79 Å². The Morgan fingerprint density at radius 3 is 2.83 bits per heavy atom. The van der Waals surface area contributed by atoms with Crippen molar-refractivity contribution in [3.8, 4) is 17.2 Å². The number of rotatable bonds is 5. The summed E-state index contributed by atoms with van der Waals surface area (Å²) in [7, 11) is 0. The van der Waals surface area contributed by atoms with Gasteiger partial charge >= 0.3 is 0 Å². The number of carbonyl (C=O) groups is 1. The summed E-state index contributed by atoms with van der Waals surface area (Å²) in [5.74, 6) is 0.931. The van der Waals surface area contributed by atoms with Crippen molar-refractivity contribution in [2.75, 3.05) is 13.3 Å². The van der Waals surface area contributed by atoms with E-state index in [1.165, 1.54) is 6.07 Å². The second kappa shape index (κ2) is 7.48. The quantitative estimate of drug-likeness (QED) is 0.644. The predicted octanol–water partition coefficient (Wildman–Crippen LogP) is 3.89. The Morgan fingerprint density at radius 1 is 1.17 bits per heavy atom. The first-order chi connectivity index (χ1) is 14.7. The number of halogens is 1. The van der Waals surface area contributed by atoms with Crippen molar-refractivity contribution in [3.63, 3.8) is 0 Å². The molecule has 0 atom stereocenters. The number of para-hydroxylation sites is 1. The molecule has 0 saturated heterocycles. The van der Waals surface area contributed by atoms with Gasteiger partial charge in [0.25, 0.3) is 5.91 Å². The van der Waals surface area contributed by atoms with Crippen LogP contribution in [0.2, 0.25) is 0 Å². The summed E-state index contributed by atoms with van der Waals surface area (Å²) >= 11 is 0. The number of ether oxygens (including phenoxy) is 2. The molecule has 2 aliphatic rings. The van der Waals surface area contributed by atoms with Crippen LogP contribution in [0.4, 0.5) is 4.39 Å². The molecule has 2 heterocycles. The first-order valence-electron chi connectivity index (χ1n) is 10.2. The molecule has 0 unspecified atom stereocenters. The van der Waals surface area contributed by atoms with E-state index in [1.807, 2.05) is 25.1 Å². The molecule has 1 aromatic heterocycles. The Hall–Kier alpha value is -3.35. The van der Waals surface area contributed by atoms with Crippen molar-refractivity contribution >= 4 is 5.91 Å². The summed E-state index contributed by atoms with van der Waals surface area (Å²) in [6, 6.07) is 12.2. The lowest BCUT2D eigenvalue weighted by atomic mass is 10.1. The molecule has 154 valence electrons. The van der Waals surface area contributed by atoms with E-state index in [2.05, 4.69) is 5.10 Å². The molecule has 3 aromatic rings. The van der Waals surface area contributed by atoms with Crippen molar-refractivity contribution in [3.05, 3.63) is 70.8 Å². The number of aromatic nitrogens is 2. The minimum Gasteiger partial charge on any atom is -0.454 e. The third kappa shape index (κ3) is 3.10. The van der Waals surface area contributed by atoms with E-state index in [0.717, 1.165) is 41.8 Å². The highest BCUT2D eigenvalue weighted by molar-refractivity contribution is 5.94. The molecule has 0 N–H and O–H groups in total. The second-order valence-corrected chi connectivity index (χ2v) is 7.50. The topological polar surface area (TPSA) is 56.6 Å². The van der Waals surface area contributed by atoms with Crippen LogP contribution < -0.4 is 9.47 Å². The summed E-state index contributed by atoms with van der Waals surface area (Å²) in [6.07, 6.45) is 2.51. The zero-order chi connectivity index (χ0) is 20.7. The molecule has 0 radical (unpaired) electrons. The van der Waals surface area contributed by atoms with Gasteiger partial charge < -0.3 is 14.4 Å². The highest BCUT2D eigenvalue weighted by Crippen LogP contribution is 2.33. The third-order valence-corrected chi connectivity index (χ3v) is 5.69. The van der Waals surface area contributed by atoms with Crippen LogP contribution in [-0.4, -0.2) is 33.9 Å². The Labute approximate surface area is 173 Å². The van der Waals surface area contributed by atoms with E-state index < -0.39 is 0 Å². The molecule has 0 spiro atoms. The monoisotopic (exact) mass is 407 g/mol. The van der Waals surface area contributed by atoms with E-state index >= 15 is 0 Å². The number of benzene rings is 2. The van der Waals surface area contributed by atoms with Crippen molar-refractivity contribution in [2.24, 2.45) is 0 Å². The lowest BCUT2D eigenvalue weighted by Gasteiger charge is -2.20. The van der Waals surface area contributed by atoms with E-state index in [0.29, 0.717) is 30.2 Å². The number of fused-ring (bicyclic) bond motifs is 2. The summed E-state index contributed by atoms with van der Waals surface area (Å²) in [5.41, 5.74) is 3.64. The lowest BCUT2D eigenvalue weighted by Crippen LogP contribution is -2.31. The van der Waals surface area contributed by atoms with E-state index in [9.17, 15) is 9.18 Å². The molecule has 6 nitrogen and oxygen atoms in total. The van der Waals surface area contributed by atoms with Gasteiger partial charge in [-0.2, -0.15) is 5.10 Å².